The first kappa shape index (κ1) is 16.1. The van der Waals surface area contributed by atoms with Crippen molar-refractivity contribution in [3.8, 4) is 5.88 Å². The van der Waals surface area contributed by atoms with Gasteiger partial charge in [0.1, 0.15) is 0 Å². The van der Waals surface area contributed by atoms with Crippen LogP contribution in [0.2, 0.25) is 10.0 Å². The standard InChI is InChI=1S/C15H19Cl2N3O/c1-9(12-6-5-11(16)7-14(12)17)18-8-13-10(2)19-20(3)15(13)21-4/h5-7,9,18H,8H2,1-4H3. The largest absolute Gasteiger partial charge is 0.481 e. The summed E-state index contributed by atoms with van der Waals surface area (Å²) in [5.41, 5.74) is 3.02. The lowest BCUT2D eigenvalue weighted by molar-refractivity contribution is 0.367. The van der Waals surface area contributed by atoms with Crippen molar-refractivity contribution in [1.29, 1.82) is 0 Å². The van der Waals surface area contributed by atoms with Crippen molar-refractivity contribution in [2.75, 3.05) is 7.11 Å². The summed E-state index contributed by atoms with van der Waals surface area (Å²) in [6.45, 7) is 4.69. The Bertz CT molecular complexity index is 640. The van der Waals surface area contributed by atoms with Crippen LogP contribution in [0.25, 0.3) is 0 Å². The fraction of sp³-hybridized carbons (Fsp3) is 0.400. The highest BCUT2D eigenvalue weighted by Gasteiger charge is 2.16. The predicted molar refractivity (Wildman–Crippen MR) is 86.2 cm³/mol. The average molecular weight is 328 g/mol. The smallest absolute Gasteiger partial charge is 0.216 e. The zero-order chi connectivity index (χ0) is 15.6. The van der Waals surface area contributed by atoms with Crippen LogP contribution in [0.4, 0.5) is 0 Å². The summed E-state index contributed by atoms with van der Waals surface area (Å²) in [6.07, 6.45) is 0. The molecule has 4 nitrogen and oxygen atoms in total. The number of aromatic nitrogens is 2. The maximum atomic E-state index is 6.23. The maximum Gasteiger partial charge on any atom is 0.216 e. The summed E-state index contributed by atoms with van der Waals surface area (Å²) in [6, 6.07) is 5.64. The number of hydrogen-bond acceptors (Lipinski definition) is 3. The monoisotopic (exact) mass is 327 g/mol. The molecule has 0 amide bonds. The van der Waals surface area contributed by atoms with Gasteiger partial charge in [0.2, 0.25) is 5.88 Å². The van der Waals surface area contributed by atoms with E-state index in [2.05, 4.69) is 17.3 Å². The van der Waals surface area contributed by atoms with Crippen LogP contribution < -0.4 is 10.1 Å². The van der Waals surface area contributed by atoms with Gasteiger partial charge in [0.05, 0.1) is 18.4 Å². The van der Waals surface area contributed by atoms with Crippen LogP contribution in [0.15, 0.2) is 18.2 Å². The molecule has 2 aromatic rings. The third kappa shape index (κ3) is 3.51. The molecule has 1 aromatic carbocycles. The summed E-state index contributed by atoms with van der Waals surface area (Å²) >= 11 is 12.2. The van der Waals surface area contributed by atoms with E-state index in [0.717, 1.165) is 22.7 Å². The number of hydrogen-bond donors (Lipinski definition) is 1. The topological polar surface area (TPSA) is 39.1 Å². The Morgan fingerprint density at radius 3 is 2.71 bits per heavy atom. The molecule has 1 unspecified atom stereocenters. The molecule has 21 heavy (non-hydrogen) atoms. The van der Waals surface area contributed by atoms with E-state index >= 15 is 0 Å². The lowest BCUT2D eigenvalue weighted by Crippen LogP contribution is -2.19. The number of nitrogens with one attached hydrogen (secondary N) is 1. The number of benzene rings is 1. The maximum absolute atomic E-state index is 6.23. The molecule has 0 aliphatic rings. The van der Waals surface area contributed by atoms with Gasteiger partial charge in [-0.2, -0.15) is 5.10 Å². The predicted octanol–water partition coefficient (Wildman–Crippen LogP) is 3.89. The lowest BCUT2D eigenvalue weighted by atomic mass is 10.1. The molecular weight excluding hydrogens is 309 g/mol. The molecule has 2 rings (SSSR count). The zero-order valence-electron chi connectivity index (χ0n) is 12.6. The van der Waals surface area contributed by atoms with E-state index in [-0.39, 0.29) is 6.04 Å². The highest BCUT2D eigenvalue weighted by molar-refractivity contribution is 6.35. The van der Waals surface area contributed by atoms with Crippen molar-refractivity contribution in [2.45, 2.75) is 26.4 Å². The molecule has 114 valence electrons. The molecule has 0 saturated carbocycles. The molecule has 0 bridgehead atoms. The molecule has 1 N–H and O–H groups in total. The zero-order valence-corrected chi connectivity index (χ0v) is 14.1. The van der Waals surface area contributed by atoms with Gasteiger partial charge in [-0.1, -0.05) is 29.3 Å². The van der Waals surface area contributed by atoms with Gasteiger partial charge in [-0.25, -0.2) is 4.68 Å². The number of rotatable bonds is 5. The van der Waals surface area contributed by atoms with E-state index in [1.165, 1.54) is 0 Å². The molecule has 0 saturated heterocycles. The Kier molecular flexibility index (Phi) is 5.14. The Hall–Kier alpha value is -1.23. The van der Waals surface area contributed by atoms with Gasteiger partial charge in [0, 0.05) is 29.7 Å². The number of methoxy groups -OCH3 is 1. The number of aryl methyl sites for hydroxylation is 2. The second-order valence-corrected chi connectivity index (χ2v) is 5.81. The average Bonchev–Trinajstić information content (AvgIpc) is 2.69. The SMILES string of the molecule is COc1c(CNC(C)c2ccc(Cl)cc2Cl)c(C)nn1C. The van der Waals surface area contributed by atoms with Gasteiger partial charge in [0.15, 0.2) is 0 Å². The third-order valence-corrected chi connectivity index (χ3v) is 4.06. The van der Waals surface area contributed by atoms with Gasteiger partial charge in [-0.3, -0.25) is 0 Å². The molecule has 0 spiro atoms. The van der Waals surface area contributed by atoms with Crippen LogP contribution in [0.1, 0.15) is 29.8 Å². The normalized spacial score (nSPS) is 12.5. The summed E-state index contributed by atoms with van der Waals surface area (Å²) in [5.74, 6) is 0.773. The van der Waals surface area contributed by atoms with Crippen LogP contribution in [0.5, 0.6) is 5.88 Å². The van der Waals surface area contributed by atoms with Crippen LogP contribution in [0, 0.1) is 6.92 Å². The molecular formula is C15H19Cl2N3O. The minimum atomic E-state index is 0.0964. The lowest BCUT2D eigenvalue weighted by Gasteiger charge is -2.16. The molecule has 0 aliphatic heterocycles. The number of nitrogens with zero attached hydrogens (tertiary/aromatic N) is 2. The fourth-order valence-electron chi connectivity index (χ4n) is 2.36. The van der Waals surface area contributed by atoms with Crippen molar-refractivity contribution >= 4 is 23.2 Å². The number of ether oxygens (including phenoxy) is 1. The summed E-state index contributed by atoms with van der Waals surface area (Å²) in [7, 11) is 3.52. The van der Waals surface area contributed by atoms with E-state index in [0.29, 0.717) is 16.6 Å². The Morgan fingerprint density at radius 1 is 1.38 bits per heavy atom. The van der Waals surface area contributed by atoms with E-state index in [9.17, 15) is 0 Å². The second-order valence-electron chi connectivity index (χ2n) is 4.97. The Balaban J connectivity index is 2.12. The minimum absolute atomic E-state index is 0.0964. The summed E-state index contributed by atoms with van der Waals surface area (Å²) in [5, 5.41) is 9.12. The first-order chi connectivity index (χ1) is 9.93. The second kappa shape index (κ2) is 6.69. The highest BCUT2D eigenvalue weighted by Crippen LogP contribution is 2.27. The van der Waals surface area contributed by atoms with Crippen LogP contribution in [-0.4, -0.2) is 16.9 Å². The molecule has 1 atom stereocenters. The van der Waals surface area contributed by atoms with Gasteiger partial charge in [-0.05, 0) is 31.5 Å². The van der Waals surface area contributed by atoms with E-state index < -0.39 is 0 Å². The molecule has 6 heteroatoms. The quantitative estimate of drug-likeness (QED) is 0.905. The third-order valence-electron chi connectivity index (χ3n) is 3.50. The van der Waals surface area contributed by atoms with Gasteiger partial charge < -0.3 is 10.1 Å². The van der Waals surface area contributed by atoms with E-state index in [4.69, 9.17) is 27.9 Å². The highest BCUT2D eigenvalue weighted by atomic mass is 35.5. The van der Waals surface area contributed by atoms with Crippen molar-refractivity contribution in [3.63, 3.8) is 0 Å². The summed E-state index contributed by atoms with van der Waals surface area (Å²) < 4.78 is 7.13. The van der Waals surface area contributed by atoms with Crippen molar-refractivity contribution in [1.82, 2.24) is 15.1 Å². The molecule has 1 aromatic heterocycles. The van der Waals surface area contributed by atoms with Gasteiger partial charge >= 0.3 is 0 Å². The Labute approximate surface area is 135 Å². The van der Waals surface area contributed by atoms with Crippen molar-refractivity contribution < 1.29 is 4.74 Å². The van der Waals surface area contributed by atoms with Crippen LogP contribution in [-0.2, 0) is 13.6 Å². The molecule has 0 fully saturated rings. The Morgan fingerprint density at radius 2 is 2.10 bits per heavy atom. The van der Waals surface area contributed by atoms with E-state index in [1.54, 1.807) is 17.9 Å². The van der Waals surface area contributed by atoms with Crippen LogP contribution in [0.3, 0.4) is 0 Å². The van der Waals surface area contributed by atoms with Crippen LogP contribution >= 0.6 is 23.2 Å². The van der Waals surface area contributed by atoms with Gasteiger partial charge in [-0.15, -0.1) is 0 Å². The van der Waals surface area contributed by atoms with Gasteiger partial charge in [0.25, 0.3) is 0 Å². The van der Waals surface area contributed by atoms with Crippen molar-refractivity contribution in [2.24, 2.45) is 7.05 Å². The minimum Gasteiger partial charge on any atom is -0.481 e. The molecule has 0 aliphatic carbocycles. The molecule has 0 radical (unpaired) electrons. The van der Waals surface area contributed by atoms with Crippen molar-refractivity contribution in [3.05, 3.63) is 45.1 Å². The number of halogens is 2. The van der Waals surface area contributed by atoms with E-state index in [1.807, 2.05) is 26.1 Å². The first-order valence-corrected chi connectivity index (χ1v) is 7.44. The fourth-order valence-corrected chi connectivity index (χ4v) is 2.93. The first-order valence-electron chi connectivity index (χ1n) is 6.68. The summed E-state index contributed by atoms with van der Waals surface area (Å²) in [4.78, 5) is 0. The molecule has 1 heterocycles.